The number of para-hydroxylation sites is 1. The molecule has 17 heteroatoms. The van der Waals surface area contributed by atoms with Crippen LogP contribution in [0.1, 0.15) is 154 Å². The molecule has 1 heterocycles. The predicted molar refractivity (Wildman–Crippen MR) is 331 cm³/mol. The molecule has 2 fully saturated rings. The number of anilines is 1. The Kier molecular flexibility index (Phi) is 27.8. The summed E-state index contributed by atoms with van der Waals surface area (Å²) in [4.78, 5) is 67.8. The zero-order chi connectivity index (χ0) is 59.9. The van der Waals surface area contributed by atoms with E-state index < -0.39 is 11.9 Å². The third-order valence-electron chi connectivity index (χ3n) is 15.3. The summed E-state index contributed by atoms with van der Waals surface area (Å²) in [5.41, 5.74) is 1.45. The van der Waals surface area contributed by atoms with E-state index in [-0.39, 0.29) is 41.5 Å². The number of fused-ring (bicyclic) bond motifs is 1. The van der Waals surface area contributed by atoms with Crippen molar-refractivity contribution in [2.45, 2.75) is 148 Å². The molecular weight excluding hydrogens is 1100 g/mol. The molecule has 0 bridgehead atoms. The first kappa shape index (κ1) is 65.0. The van der Waals surface area contributed by atoms with Crippen molar-refractivity contribution in [3.05, 3.63) is 122 Å². The maximum Gasteiger partial charge on any atom is 0.330 e. The lowest BCUT2D eigenvalue weighted by atomic mass is 9.82. The Balaban J connectivity index is 0.903. The van der Waals surface area contributed by atoms with Crippen LogP contribution in [-0.2, 0) is 33.4 Å². The van der Waals surface area contributed by atoms with Gasteiger partial charge in [-0.25, -0.2) is 14.6 Å². The first-order valence-corrected chi connectivity index (χ1v) is 31.5. The van der Waals surface area contributed by atoms with Crippen molar-refractivity contribution >= 4 is 62.7 Å². The summed E-state index contributed by atoms with van der Waals surface area (Å²) in [6.45, 7) is 11.8. The van der Waals surface area contributed by atoms with E-state index >= 15 is 0 Å². The molecular formula is C68H85N3O13S. The van der Waals surface area contributed by atoms with E-state index in [4.69, 9.17) is 48.0 Å². The molecule has 0 radical (unpaired) electrons. The quantitative estimate of drug-likeness (QED) is 0.00912. The van der Waals surface area contributed by atoms with Crippen molar-refractivity contribution in [1.29, 1.82) is 0 Å². The third kappa shape index (κ3) is 22.8. The largest absolute Gasteiger partial charge is 0.494 e. The van der Waals surface area contributed by atoms with E-state index in [2.05, 4.69) is 20.1 Å². The topological polar surface area (TPSA) is 188 Å². The number of carbonyl (C=O) groups is 5. The van der Waals surface area contributed by atoms with Gasteiger partial charge in [-0.3, -0.25) is 14.4 Å². The predicted octanol–water partition coefficient (Wildman–Crippen LogP) is 14.9. The van der Waals surface area contributed by atoms with Crippen molar-refractivity contribution in [3.63, 3.8) is 0 Å². The fraction of sp³-hybridized carbons (Fsp3) is 0.485. The lowest BCUT2D eigenvalue weighted by Crippen LogP contribution is -2.28. The number of ether oxygens (including phenoxy) is 8. The number of nitrogens with zero attached hydrogens (tertiary/aromatic N) is 3. The number of unbranched alkanes of at least 4 members (excludes halogenated alkanes) is 10. The maximum atomic E-state index is 14.0. The highest BCUT2D eigenvalue weighted by molar-refractivity contribution is 7.22. The summed E-state index contributed by atoms with van der Waals surface area (Å²) < 4.78 is 47.4. The van der Waals surface area contributed by atoms with Crippen LogP contribution in [0.15, 0.2) is 121 Å². The minimum atomic E-state index is -0.400. The number of thiazole rings is 1. The molecule has 0 saturated heterocycles. The second-order valence-electron chi connectivity index (χ2n) is 21.9. The van der Waals surface area contributed by atoms with Gasteiger partial charge in [-0.15, -0.1) is 0 Å². The number of hydrazone groups is 1. The van der Waals surface area contributed by atoms with Crippen molar-refractivity contribution < 1.29 is 61.9 Å². The summed E-state index contributed by atoms with van der Waals surface area (Å²) in [6, 6.07) is 27.8. The van der Waals surface area contributed by atoms with Gasteiger partial charge in [0.05, 0.1) is 67.9 Å². The average Bonchev–Trinajstić information content (AvgIpc) is 4.25. The van der Waals surface area contributed by atoms with Gasteiger partial charge in [-0.2, -0.15) is 10.1 Å². The first-order valence-electron chi connectivity index (χ1n) is 30.7. The van der Waals surface area contributed by atoms with Crippen LogP contribution < -0.4 is 33.4 Å². The van der Waals surface area contributed by atoms with Crippen LogP contribution in [0.25, 0.3) is 10.2 Å². The summed E-state index contributed by atoms with van der Waals surface area (Å²) in [5.74, 6) is 2.22. The molecule has 16 nitrogen and oxygen atoms in total. The van der Waals surface area contributed by atoms with E-state index in [9.17, 15) is 24.0 Å². The fourth-order valence-electron chi connectivity index (χ4n) is 10.2. The van der Waals surface area contributed by atoms with Gasteiger partial charge in [0.15, 0.2) is 0 Å². The lowest BCUT2D eigenvalue weighted by molar-refractivity contribution is -0.141. The van der Waals surface area contributed by atoms with Crippen molar-refractivity contribution in [1.82, 2.24) is 4.98 Å². The monoisotopic (exact) mass is 1180 g/mol. The Morgan fingerprint density at radius 3 is 1.56 bits per heavy atom. The Morgan fingerprint density at radius 2 is 1.04 bits per heavy atom. The summed E-state index contributed by atoms with van der Waals surface area (Å²) in [6.07, 6.45) is 22.5. The fourth-order valence-corrected chi connectivity index (χ4v) is 11.2. The molecule has 0 N–H and O–H groups in total. The second kappa shape index (κ2) is 36.3. The van der Waals surface area contributed by atoms with Crippen LogP contribution in [0.3, 0.4) is 0 Å². The van der Waals surface area contributed by atoms with Gasteiger partial charge in [0.1, 0.15) is 34.5 Å². The minimum Gasteiger partial charge on any atom is -0.494 e. The number of carbonyl (C=O) groups excluding carboxylic acids is 5. The van der Waals surface area contributed by atoms with Gasteiger partial charge < -0.3 is 37.9 Å². The number of hydrogen-bond donors (Lipinski definition) is 0. The highest BCUT2D eigenvalue weighted by Gasteiger charge is 2.30. The SMILES string of the molecule is C=CC(=O)OCCCCCCOc1ccc(OC(=O)C2CCC(COc3ccc(OCC4CCC(C(=O)Oc5ccc(OCCCCCCOC(=O)C=C)cc5)CC4)c(/C=N/N(C(=O)CCCCCCC)c4nc5ccccc5s4)c3)CC2)cc1. The zero-order valence-corrected chi connectivity index (χ0v) is 50.3. The first-order chi connectivity index (χ1) is 41.6. The third-order valence-corrected chi connectivity index (χ3v) is 16.3. The smallest absolute Gasteiger partial charge is 0.330 e. The van der Waals surface area contributed by atoms with E-state index in [1.54, 1.807) is 30.5 Å². The van der Waals surface area contributed by atoms with Crippen LogP contribution in [0.2, 0.25) is 0 Å². The molecule has 0 aliphatic heterocycles. The van der Waals surface area contributed by atoms with Crippen molar-refractivity contribution in [2.75, 3.05) is 44.7 Å². The van der Waals surface area contributed by atoms with E-state index in [0.717, 1.165) is 119 Å². The summed E-state index contributed by atoms with van der Waals surface area (Å²) in [7, 11) is 0. The molecule has 85 heavy (non-hydrogen) atoms. The van der Waals surface area contributed by atoms with Gasteiger partial charge >= 0.3 is 23.9 Å². The molecule has 7 rings (SSSR count). The maximum absolute atomic E-state index is 14.0. The van der Waals surface area contributed by atoms with Crippen LogP contribution in [-0.4, -0.2) is 80.6 Å². The van der Waals surface area contributed by atoms with Crippen molar-refractivity contribution in [2.24, 2.45) is 28.8 Å². The average molecular weight is 1180 g/mol. The Labute approximate surface area is 505 Å². The number of esters is 4. The molecule has 1 amide bonds. The summed E-state index contributed by atoms with van der Waals surface area (Å²) >= 11 is 1.43. The number of benzene rings is 4. The summed E-state index contributed by atoms with van der Waals surface area (Å²) in [5, 5.41) is 6.78. The van der Waals surface area contributed by atoms with Gasteiger partial charge in [-0.1, -0.05) is 69.2 Å². The normalized spacial score (nSPS) is 16.7. The van der Waals surface area contributed by atoms with E-state index in [1.165, 1.54) is 28.5 Å². The molecule has 5 aromatic rings. The minimum absolute atomic E-state index is 0.130. The molecule has 0 atom stereocenters. The molecule has 0 spiro atoms. The van der Waals surface area contributed by atoms with Gasteiger partial charge in [0.2, 0.25) is 11.0 Å². The Bertz CT molecular complexity index is 2880. The highest BCUT2D eigenvalue weighted by Crippen LogP contribution is 2.35. The molecule has 1 aromatic heterocycles. The number of amides is 1. The van der Waals surface area contributed by atoms with Gasteiger partial charge in [0, 0.05) is 24.1 Å². The molecule has 2 aliphatic carbocycles. The lowest BCUT2D eigenvalue weighted by Gasteiger charge is -2.28. The zero-order valence-electron chi connectivity index (χ0n) is 49.5. The van der Waals surface area contributed by atoms with Gasteiger partial charge in [-0.05, 0) is 200 Å². The molecule has 456 valence electrons. The molecule has 2 saturated carbocycles. The number of hydrogen-bond acceptors (Lipinski definition) is 16. The van der Waals surface area contributed by atoms with E-state index in [1.807, 2.05) is 66.7 Å². The van der Waals surface area contributed by atoms with Crippen LogP contribution in [0.5, 0.6) is 34.5 Å². The molecule has 4 aromatic carbocycles. The Morgan fingerprint density at radius 1 is 0.553 bits per heavy atom. The Hall–Kier alpha value is -7.53. The molecule has 0 unspecified atom stereocenters. The van der Waals surface area contributed by atoms with Gasteiger partial charge in [0.25, 0.3) is 0 Å². The van der Waals surface area contributed by atoms with Crippen LogP contribution in [0, 0.1) is 23.7 Å². The highest BCUT2D eigenvalue weighted by atomic mass is 32.1. The van der Waals surface area contributed by atoms with Crippen LogP contribution in [0.4, 0.5) is 5.13 Å². The number of rotatable bonds is 37. The van der Waals surface area contributed by atoms with E-state index in [0.29, 0.717) is 117 Å². The van der Waals surface area contributed by atoms with Crippen LogP contribution >= 0.6 is 11.3 Å². The standard InChI is InChI=1S/C68H85N3O13S/c1-4-7-8-9-14-23-63(72)71(68-70-60-21-15-16-22-62(60)85-68)69-47-54-46-59(81-48-50-24-28-52(29-25-50)66(75)83-57-36-32-55(33-37-57)77-42-17-10-12-19-44-79-64(73)5-2)40-41-61(54)82-49-51-26-30-53(31-27-51)67(76)84-58-38-34-56(35-39-58)78-43-18-11-13-20-45-80-65(74)6-3/h5-6,15-16,21-22,32-41,46-47,50-53H,2-4,7-14,17-20,23-31,42-45,48-49H2,1H3/b69-47+. The van der Waals surface area contributed by atoms with Crippen molar-refractivity contribution in [3.8, 4) is 34.5 Å². The molecule has 2 aliphatic rings. The number of aromatic nitrogens is 1. The second-order valence-corrected chi connectivity index (χ2v) is 22.9.